The highest BCUT2D eigenvalue weighted by molar-refractivity contribution is 14.1. The van der Waals surface area contributed by atoms with E-state index in [0.29, 0.717) is 6.54 Å². The lowest BCUT2D eigenvalue weighted by Gasteiger charge is -2.01. The summed E-state index contributed by atoms with van der Waals surface area (Å²) >= 11 is 2.22. The SMILES string of the molecule is COc1ccc2[nH]c(CN)nc2c1I. The first kappa shape index (κ1) is 9.72. The zero-order chi connectivity index (χ0) is 10.1. The quantitative estimate of drug-likeness (QED) is 0.829. The molecule has 0 bridgehead atoms. The molecule has 0 aliphatic rings. The summed E-state index contributed by atoms with van der Waals surface area (Å²) < 4.78 is 6.22. The Morgan fingerprint density at radius 1 is 1.57 bits per heavy atom. The molecule has 0 aliphatic carbocycles. The van der Waals surface area contributed by atoms with Gasteiger partial charge in [0.15, 0.2) is 0 Å². The third-order valence-corrected chi connectivity index (χ3v) is 3.06. The topological polar surface area (TPSA) is 63.9 Å². The molecule has 0 radical (unpaired) electrons. The van der Waals surface area contributed by atoms with E-state index in [1.54, 1.807) is 7.11 Å². The van der Waals surface area contributed by atoms with Gasteiger partial charge in [-0.25, -0.2) is 4.98 Å². The van der Waals surface area contributed by atoms with Crippen molar-refractivity contribution in [2.75, 3.05) is 7.11 Å². The molecule has 0 spiro atoms. The molecule has 4 nitrogen and oxygen atoms in total. The Kier molecular flexibility index (Phi) is 2.60. The Morgan fingerprint density at radius 3 is 3.00 bits per heavy atom. The maximum atomic E-state index is 5.51. The number of imidazole rings is 1. The second kappa shape index (κ2) is 3.74. The van der Waals surface area contributed by atoms with E-state index in [9.17, 15) is 0 Å². The number of benzene rings is 1. The fraction of sp³-hybridized carbons (Fsp3) is 0.222. The van der Waals surface area contributed by atoms with Crippen molar-refractivity contribution >= 4 is 33.6 Å². The normalized spacial score (nSPS) is 10.8. The molecule has 2 rings (SSSR count). The third kappa shape index (κ3) is 1.46. The van der Waals surface area contributed by atoms with Crippen molar-refractivity contribution in [3.05, 3.63) is 21.5 Å². The number of H-pyrrole nitrogens is 1. The van der Waals surface area contributed by atoms with Crippen molar-refractivity contribution in [2.45, 2.75) is 6.54 Å². The summed E-state index contributed by atoms with van der Waals surface area (Å²) in [4.78, 5) is 7.51. The number of hydrogen-bond acceptors (Lipinski definition) is 3. The summed E-state index contributed by atoms with van der Waals surface area (Å²) in [5, 5.41) is 0. The second-order valence-electron chi connectivity index (χ2n) is 2.87. The molecule has 1 aromatic heterocycles. The monoisotopic (exact) mass is 303 g/mol. The number of nitrogens with zero attached hydrogens (tertiary/aromatic N) is 1. The number of rotatable bonds is 2. The number of halogens is 1. The molecule has 3 N–H and O–H groups in total. The average molecular weight is 303 g/mol. The molecular weight excluding hydrogens is 293 g/mol. The number of aromatic amines is 1. The molecule has 0 atom stereocenters. The third-order valence-electron chi connectivity index (χ3n) is 2.02. The highest BCUT2D eigenvalue weighted by Crippen LogP contribution is 2.27. The summed E-state index contributed by atoms with van der Waals surface area (Å²) in [6.07, 6.45) is 0. The molecule has 0 amide bonds. The van der Waals surface area contributed by atoms with Gasteiger partial charge in [0.1, 0.15) is 17.1 Å². The number of nitrogens with one attached hydrogen (secondary N) is 1. The Bertz CT molecular complexity index is 466. The van der Waals surface area contributed by atoms with Crippen LogP contribution in [0.3, 0.4) is 0 Å². The maximum absolute atomic E-state index is 5.51. The van der Waals surface area contributed by atoms with Crippen molar-refractivity contribution in [1.82, 2.24) is 9.97 Å². The van der Waals surface area contributed by atoms with Crippen LogP contribution in [0, 0.1) is 3.57 Å². The highest BCUT2D eigenvalue weighted by Gasteiger charge is 2.09. The molecule has 0 aliphatic heterocycles. The van der Waals surface area contributed by atoms with Crippen LogP contribution in [0.1, 0.15) is 5.82 Å². The van der Waals surface area contributed by atoms with Crippen LogP contribution in [0.15, 0.2) is 12.1 Å². The van der Waals surface area contributed by atoms with E-state index in [0.717, 1.165) is 26.2 Å². The molecule has 1 aromatic carbocycles. The van der Waals surface area contributed by atoms with Crippen molar-refractivity contribution < 1.29 is 4.74 Å². The lowest BCUT2D eigenvalue weighted by molar-refractivity contribution is 0.412. The minimum atomic E-state index is 0.424. The lowest BCUT2D eigenvalue weighted by atomic mass is 10.3. The minimum absolute atomic E-state index is 0.424. The number of nitrogens with two attached hydrogens (primary N) is 1. The van der Waals surface area contributed by atoms with E-state index in [2.05, 4.69) is 32.6 Å². The summed E-state index contributed by atoms with van der Waals surface area (Å²) in [5.74, 6) is 1.64. The second-order valence-corrected chi connectivity index (χ2v) is 3.94. The van der Waals surface area contributed by atoms with E-state index in [4.69, 9.17) is 10.5 Å². The summed E-state index contributed by atoms with van der Waals surface area (Å²) in [7, 11) is 1.65. The highest BCUT2D eigenvalue weighted by atomic mass is 127. The molecule has 0 saturated carbocycles. The van der Waals surface area contributed by atoms with E-state index in [1.165, 1.54) is 0 Å². The lowest BCUT2D eigenvalue weighted by Crippen LogP contribution is -1.97. The van der Waals surface area contributed by atoms with Gasteiger partial charge in [-0.15, -0.1) is 0 Å². The van der Waals surface area contributed by atoms with Crippen LogP contribution in [0.25, 0.3) is 11.0 Å². The van der Waals surface area contributed by atoms with Gasteiger partial charge in [-0.05, 0) is 34.7 Å². The molecule has 1 heterocycles. The Balaban J connectivity index is 2.68. The summed E-state index contributed by atoms with van der Waals surface area (Å²) in [6, 6.07) is 3.87. The Hall–Kier alpha value is -0.820. The molecule has 74 valence electrons. The number of fused-ring (bicyclic) bond motifs is 1. The van der Waals surface area contributed by atoms with Crippen LogP contribution in [0.5, 0.6) is 5.75 Å². The van der Waals surface area contributed by atoms with Crippen LogP contribution in [0.2, 0.25) is 0 Å². The summed E-state index contributed by atoms with van der Waals surface area (Å²) in [6.45, 7) is 0.424. The fourth-order valence-electron chi connectivity index (χ4n) is 1.33. The van der Waals surface area contributed by atoms with Crippen LogP contribution < -0.4 is 10.5 Å². The predicted octanol–water partition coefficient (Wildman–Crippen LogP) is 1.63. The van der Waals surface area contributed by atoms with Crippen molar-refractivity contribution in [2.24, 2.45) is 5.73 Å². The van der Waals surface area contributed by atoms with Gasteiger partial charge in [0, 0.05) is 0 Å². The van der Waals surface area contributed by atoms with Crippen LogP contribution in [-0.4, -0.2) is 17.1 Å². The molecule has 5 heteroatoms. The largest absolute Gasteiger partial charge is 0.496 e. The van der Waals surface area contributed by atoms with Crippen molar-refractivity contribution in [3.8, 4) is 5.75 Å². The first-order valence-electron chi connectivity index (χ1n) is 4.17. The van der Waals surface area contributed by atoms with E-state index in [1.807, 2.05) is 12.1 Å². The number of hydrogen-bond donors (Lipinski definition) is 2. The van der Waals surface area contributed by atoms with Crippen molar-refractivity contribution in [1.29, 1.82) is 0 Å². The van der Waals surface area contributed by atoms with Gasteiger partial charge in [-0.3, -0.25) is 0 Å². The van der Waals surface area contributed by atoms with E-state index < -0.39 is 0 Å². The van der Waals surface area contributed by atoms with E-state index in [-0.39, 0.29) is 0 Å². The predicted molar refractivity (Wildman–Crippen MR) is 63.3 cm³/mol. The van der Waals surface area contributed by atoms with Crippen LogP contribution in [0.4, 0.5) is 0 Å². The fourth-order valence-corrected chi connectivity index (χ4v) is 2.14. The molecular formula is C9H10IN3O. The van der Waals surface area contributed by atoms with Gasteiger partial charge in [0.05, 0.1) is 22.7 Å². The van der Waals surface area contributed by atoms with Gasteiger partial charge in [0.25, 0.3) is 0 Å². The first-order valence-corrected chi connectivity index (χ1v) is 5.25. The number of ether oxygens (including phenoxy) is 1. The average Bonchev–Trinajstić information content (AvgIpc) is 2.62. The zero-order valence-electron chi connectivity index (χ0n) is 7.67. The smallest absolute Gasteiger partial charge is 0.134 e. The van der Waals surface area contributed by atoms with Gasteiger partial charge in [-0.2, -0.15) is 0 Å². The molecule has 2 aromatic rings. The minimum Gasteiger partial charge on any atom is -0.496 e. The van der Waals surface area contributed by atoms with Crippen molar-refractivity contribution in [3.63, 3.8) is 0 Å². The molecule has 14 heavy (non-hydrogen) atoms. The van der Waals surface area contributed by atoms with Crippen LogP contribution in [-0.2, 0) is 6.54 Å². The first-order chi connectivity index (χ1) is 6.76. The van der Waals surface area contributed by atoms with Crippen LogP contribution >= 0.6 is 22.6 Å². The molecule has 0 unspecified atom stereocenters. The zero-order valence-corrected chi connectivity index (χ0v) is 9.83. The Labute approximate surface area is 95.0 Å². The molecule has 0 saturated heterocycles. The van der Waals surface area contributed by atoms with E-state index >= 15 is 0 Å². The van der Waals surface area contributed by atoms with Gasteiger partial charge < -0.3 is 15.5 Å². The number of aromatic nitrogens is 2. The standard InChI is InChI=1S/C9H10IN3O/c1-14-6-3-2-5-9(8(6)10)13-7(4-11)12-5/h2-3H,4,11H2,1H3,(H,12,13). The number of methoxy groups -OCH3 is 1. The van der Waals surface area contributed by atoms with Gasteiger partial charge >= 0.3 is 0 Å². The van der Waals surface area contributed by atoms with Gasteiger partial charge in [-0.1, -0.05) is 0 Å². The van der Waals surface area contributed by atoms with Gasteiger partial charge in [0.2, 0.25) is 0 Å². The summed E-state index contributed by atoms with van der Waals surface area (Å²) in [5.41, 5.74) is 7.42. The molecule has 0 fully saturated rings. The Morgan fingerprint density at radius 2 is 2.36 bits per heavy atom. The maximum Gasteiger partial charge on any atom is 0.134 e.